The van der Waals surface area contributed by atoms with E-state index in [1.54, 1.807) is 7.11 Å². The van der Waals surface area contributed by atoms with E-state index in [-0.39, 0.29) is 17.7 Å². The third-order valence-electron chi connectivity index (χ3n) is 4.75. The SMILES string of the molecule is COCCNC(=O)c1ccc(CC2CCN(C(=O)C(C)C)CC2)cc1. The second-order valence-electron chi connectivity index (χ2n) is 7.07. The molecule has 0 spiro atoms. The molecule has 0 atom stereocenters. The molecule has 138 valence electrons. The van der Waals surface area contributed by atoms with E-state index in [2.05, 4.69) is 5.32 Å². The van der Waals surface area contributed by atoms with Crippen molar-refractivity contribution in [2.24, 2.45) is 11.8 Å². The molecule has 2 rings (SSSR count). The molecule has 0 radical (unpaired) electrons. The van der Waals surface area contributed by atoms with Gasteiger partial charge in [-0.05, 0) is 42.9 Å². The van der Waals surface area contributed by atoms with Crippen LogP contribution in [0, 0.1) is 11.8 Å². The van der Waals surface area contributed by atoms with Crippen molar-refractivity contribution < 1.29 is 14.3 Å². The predicted octanol–water partition coefficient (Wildman–Crippen LogP) is 2.50. The van der Waals surface area contributed by atoms with E-state index in [0.717, 1.165) is 32.4 Å². The Labute approximate surface area is 150 Å². The molecule has 1 heterocycles. The third kappa shape index (κ3) is 5.85. The Bertz CT molecular complexity index is 561. The van der Waals surface area contributed by atoms with Crippen molar-refractivity contribution in [3.8, 4) is 0 Å². The lowest BCUT2D eigenvalue weighted by Crippen LogP contribution is -2.40. The highest BCUT2D eigenvalue weighted by molar-refractivity contribution is 5.94. The first-order chi connectivity index (χ1) is 12.0. The highest BCUT2D eigenvalue weighted by Crippen LogP contribution is 2.23. The van der Waals surface area contributed by atoms with Gasteiger partial charge in [0.05, 0.1) is 6.61 Å². The standard InChI is InChI=1S/C20H30N2O3/c1-15(2)20(24)22-11-8-17(9-12-22)14-16-4-6-18(7-5-16)19(23)21-10-13-25-3/h4-7,15,17H,8-14H2,1-3H3,(H,21,23). The fraction of sp³-hybridized carbons (Fsp3) is 0.600. The quantitative estimate of drug-likeness (QED) is 0.772. The minimum atomic E-state index is -0.0656. The number of hydrogen-bond donors (Lipinski definition) is 1. The van der Waals surface area contributed by atoms with Crippen LogP contribution in [0.1, 0.15) is 42.6 Å². The Morgan fingerprint density at radius 2 is 1.84 bits per heavy atom. The van der Waals surface area contributed by atoms with Crippen molar-refractivity contribution in [2.75, 3.05) is 33.4 Å². The second kappa shape index (κ2) is 9.56. The summed E-state index contributed by atoms with van der Waals surface area (Å²) in [6.45, 7) is 6.68. The first-order valence-corrected chi connectivity index (χ1v) is 9.16. The number of nitrogens with one attached hydrogen (secondary N) is 1. The van der Waals surface area contributed by atoms with Gasteiger partial charge >= 0.3 is 0 Å². The van der Waals surface area contributed by atoms with Crippen molar-refractivity contribution in [1.29, 1.82) is 0 Å². The summed E-state index contributed by atoms with van der Waals surface area (Å²) in [6, 6.07) is 7.84. The third-order valence-corrected chi connectivity index (χ3v) is 4.75. The van der Waals surface area contributed by atoms with E-state index >= 15 is 0 Å². The maximum absolute atomic E-state index is 12.0. The number of methoxy groups -OCH3 is 1. The monoisotopic (exact) mass is 346 g/mol. The molecule has 1 aromatic rings. The maximum atomic E-state index is 12.0. The van der Waals surface area contributed by atoms with Gasteiger partial charge in [-0.15, -0.1) is 0 Å². The number of ether oxygens (including phenoxy) is 1. The summed E-state index contributed by atoms with van der Waals surface area (Å²) >= 11 is 0. The number of rotatable bonds is 7. The van der Waals surface area contributed by atoms with Crippen molar-refractivity contribution in [2.45, 2.75) is 33.1 Å². The Balaban J connectivity index is 1.80. The highest BCUT2D eigenvalue weighted by Gasteiger charge is 2.24. The summed E-state index contributed by atoms with van der Waals surface area (Å²) in [5.41, 5.74) is 1.93. The van der Waals surface area contributed by atoms with E-state index in [9.17, 15) is 9.59 Å². The first kappa shape index (κ1) is 19.4. The zero-order valence-electron chi connectivity index (χ0n) is 15.6. The number of hydrogen-bond acceptors (Lipinski definition) is 3. The highest BCUT2D eigenvalue weighted by atomic mass is 16.5. The molecule has 1 aliphatic rings. The molecule has 0 unspecified atom stereocenters. The van der Waals surface area contributed by atoms with Gasteiger partial charge < -0.3 is 15.0 Å². The van der Waals surface area contributed by atoms with Gasteiger partial charge in [0.25, 0.3) is 5.91 Å². The molecular formula is C20H30N2O3. The lowest BCUT2D eigenvalue weighted by Gasteiger charge is -2.33. The average Bonchev–Trinajstić information content (AvgIpc) is 2.62. The number of piperidine rings is 1. The first-order valence-electron chi connectivity index (χ1n) is 9.16. The Hall–Kier alpha value is -1.88. The second-order valence-corrected chi connectivity index (χ2v) is 7.07. The lowest BCUT2D eigenvalue weighted by molar-refractivity contribution is -0.135. The summed E-state index contributed by atoms with van der Waals surface area (Å²) in [4.78, 5) is 26.0. The van der Waals surface area contributed by atoms with E-state index in [1.807, 2.05) is 43.0 Å². The van der Waals surface area contributed by atoms with Gasteiger partial charge in [0.1, 0.15) is 0 Å². The predicted molar refractivity (Wildman–Crippen MR) is 98.5 cm³/mol. The number of likely N-dealkylation sites (tertiary alicyclic amines) is 1. The van der Waals surface area contributed by atoms with Crippen LogP contribution in [0.25, 0.3) is 0 Å². The summed E-state index contributed by atoms with van der Waals surface area (Å²) in [7, 11) is 1.62. The largest absolute Gasteiger partial charge is 0.383 e. The molecule has 5 nitrogen and oxygen atoms in total. The Kier molecular flexibility index (Phi) is 7.44. The molecule has 0 saturated carbocycles. The van der Waals surface area contributed by atoms with Crippen molar-refractivity contribution in [1.82, 2.24) is 10.2 Å². The smallest absolute Gasteiger partial charge is 0.251 e. The van der Waals surface area contributed by atoms with Gasteiger partial charge in [-0.25, -0.2) is 0 Å². The topological polar surface area (TPSA) is 58.6 Å². The van der Waals surface area contributed by atoms with Gasteiger partial charge in [0.2, 0.25) is 5.91 Å². The van der Waals surface area contributed by atoms with E-state index in [1.165, 1.54) is 5.56 Å². The van der Waals surface area contributed by atoms with E-state index in [0.29, 0.717) is 24.6 Å². The molecule has 1 fully saturated rings. The van der Waals surface area contributed by atoms with Crippen LogP contribution < -0.4 is 5.32 Å². The lowest BCUT2D eigenvalue weighted by atomic mass is 9.89. The molecule has 0 aromatic heterocycles. The van der Waals surface area contributed by atoms with Crippen LogP contribution in [-0.4, -0.2) is 50.1 Å². The molecule has 0 aliphatic carbocycles. The van der Waals surface area contributed by atoms with Crippen LogP contribution in [0.4, 0.5) is 0 Å². The normalized spacial score (nSPS) is 15.4. The van der Waals surface area contributed by atoms with Gasteiger partial charge in [-0.3, -0.25) is 9.59 Å². The minimum Gasteiger partial charge on any atom is -0.383 e. The summed E-state index contributed by atoms with van der Waals surface area (Å²) in [5, 5.41) is 2.82. The summed E-state index contributed by atoms with van der Waals surface area (Å²) in [5.74, 6) is 0.892. The Morgan fingerprint density at radius 1 is 1.20 bits per heavy atom. The molecule has 2 amide bonds. The van der Waals surface area contributed by atoms with Crippen LogP contribution >= 0.6 is 0 Å². The van der Waals surface area contributed by atoms with Crippen LogP contribution in [0.15, 0.2) is 24.3 Å². The zero-order valence-corrected chi connectivity index (χ0v) is 15.6. The molecular weight excluding hydrogens is 316 g/mol. The fourth-order valence-corrected chi connectivity index (χ4v) is 3.22. The molecule has 1 saturated heterocycles. The van der Waals surface area contributed by atoms with Crippen LogP contribution in [0.3, 0.4) is 0 Å². The molecule has 25 heavy (non-hydrogen) atoms. The Morgan fingerprint density at radius 3 is 2.40 bits per heavy atom. The fourth-order valence-electron chi connectivity index (χ4n) is 3.22. The van der Waals surface area contributed by atoms with Crippen LogP contribution in [-0.2, 0) is 16.0 Å². The maximum Gasteiger partial charge on any atom is 0.251 e. The van der Waals surface area contributed by atoms with E-state index < -0.39 is 0 Å². The van der Waals surface area contributed by atoms with E-state index in [4.69, 9.17) is 4.74 Å². The molecule has 1 N–H and O–H groups in total. The van der Waals surface area contributed by atoms with Gasteiger partial charge in [-0.2, -0.15) is 0 Å². The van der Waals surface area contributed by atoms with Crippen molar-refractivity contribution in [3.05, 3.63) is 35.4 Å². The van der Waals surface area contributed by atoms with Gasteiger partial charge in [-0.1, -0.05) is 26.0 Å². The summed E-state index contributed by atoms with van der Waals surface area (Å²) < 4.78 is 4.93. The molecule has 5 heteroatoms. The molecule has 0 bridgehead atoms. The number of benzene rings is 1. The number of carbonyl (C=O) groups is 2. The number of carbonyl (C=O) groups excluding carboxylic acids is 2. The van der Waals surface area contributed by atoms with Crippen LogP contribution in [0.5, 0.6) is 0 Å². The molecule has 1 aliphatic heterocycles. The zero-order chi connectivity index (χ0) is 18.2. The van der Waals surface area contributed by atoms with Gasteiger partial charge in [0, 0.05) is 38.2 Å². The number of amides is 2. The summed E-state index contributed by atoms with van der Waals surface area (Å²) in [6.07, 6.45) is 3.12. The van der Waals surface area contributed by atoms with Gasteiger partial charge in [0.15, 0.2) is 0 Å². The minimum absolute atomic E-state index is 0.0656. The van der Waals surface area contributed by atoms with Crippen LogP contribution in [0.2, 0.25) is 0 Å². The van der Waals surface area contributed by atoms with Crippen molar-refractivity contribution >= 4 is 11.8 Å². The van der Waals surface area contributed by atoms with Crippen molar-refractivity contribution in [3.63, 3.8) is 0 Å². The molecule has 1 aromatic carbocycles. The number of nitrogens with zero attached hydrogens (tertiary/aromatic N) is 1. The average molecular weight is 346 g/mol.